The van der Waals surface area contributed by atoms with Gasteiger partial charge in [0.05, 0.1) is 16.0 Å². The molecule has 1 aromatic heterocycles. The summed E-state index contributed by atoms with van der Waals surface area (Å²) in [7, 11) is -2.99. The normalized spacial score (nSPS) is 17.7. The fraction of sp³-hybridized carbons (Fsp3) is 0.667. The number of piperidine rings is 1. The van der Waals surface area contributed by atoms with E-state index in [1.807, 2.05) is 13.8 Å². The smallest absolute Gasteiger partial charge is 0.265 e. The van der Waals surface area contributed by atoms with Crippen LogP contribution in [-0.4, -0.2) is 48.8 Å². The van der Waals surface area contributed by atoms with Crippen LogP contribution in [0.25, 0.3) is 0 Å². The molecule has 0 aromatic carbocycles. The van der Waals surface area contributed by atoms with E-state index < -0.39 is 9.84 Å². The van der Waals surface area contributed by atoms with Gasteiger partial charge in [-0.1, -0.05) is 0 Å². The predicted molar refractivity (Wildman–Crippen MR) is 75.4 cm³/mol. The quantitative estimate of drug-likeness (QED) is 0.828. The number of sulfone groups is 1. The Hall–Kier alpha value is -0.950. The summed E-state index contributed by atoms with van der Waals surface area (Å²) in [6.45, 7) is 4.73. The molecule has 2 heterocycles. The van der Waals surface area contributed by atoms with Gasteiger partial charge in [-0.15, -0.1) is 11.3 Å². The third-order valence-corrected chi connectivity index (χ3v) is 6.18. The lowest BCUT2D eigenvalue weighted by Gasteiger charge is -2.30. The van der Waals surface area contributed by atoms with Crippen LogP contribution >= 0.6 is 11.3 Å². The molecule has 0 bridgehead atoms. The summed E-state index contributed by atoms with van der Waals surface area (Å²) in [6, 6.07) is 0. The number of hydrogen-bond donors (Lipinski definition) is 0. The summed E-state index contributed by atoms with van der Waals surface area (Å²) < 4.78 is 23.0. The molecule has 0 spiro atoms. The van der Waals surface area contributed by atoms with E-state index in [4.69, 9.17) is 0 Å². The van der Waals surface area contributed by atoms with Crippen molar-refractivity contribution in [2.75, 3.05) is 19.3 Å². The molecule has 0 aliphatic carbocycles. The number of thiazole rings is 1. The largest absolute Gasteiger partial charge is 0.338 e. The summed E-state index contributed by atoms with van der Waals surface area (Å²) in [5.74, 6) is -0.0185. The number of carbonyl (C=O) groups is 1. The van der Waals surface area contributed by atoms with Gasteiger partial charge in [-0.3, -0.25) is 4.79 Å². The predicted octanol–water partition coefficient (Wildman–Crippen LogP) is 1.41. The van der Waals surface area contributed by atoms with E-state index in [1.165, 1.54) is 17.6 Å². The maximum Gasteiger partial charge on any atom is 0.265 e. The van der Waals surface area contributed by atoms with Crippen molar-refractivity contribution in [3.05, 3.63) is 15.6 Å². The molecule has 2 rings (SSSR count). The minimum absolute atomic E-state index is 0.0185. The van der Waals surface area contributed by atoms with Gasteiger partial charge in [0.25, 0.3) is 5.91 Å². The number of carbonyl (C=O) groups excluding carboxylic acids is 1. The zero-order valence-corrected chi connectivity index (χ0v) is 13.0. The molecule has 1 aromatic rings. The van der Waals surface area contributed by atoms with E-state index >= 15 is 0 Å². The van der Waals surface area contributed by atoms with Crippen molar-refractivity contribution in [1.82, 2.24) is 9.88 Å². The van der Waals surface area contributed by atoms with Crippen LogP contribution in [0.5, 0.6) is 0 Å². The van der Waals surface area contributed by atoms with Crippen molar-refractivity contribution in [2.45, 2.75) is 31.9 Å². The second-order valence-corrected chi connectivity index (χ2v) is 8.50. The first-order valence-electron chi connectivity index (χ1n) is 6.21. The van der Waals surface area contributed by atoms with E-state index in [1.54, 1.807) is 4.90 Å². The molecule has 0 saturated carbocycles. The van der Waals surface area contributed by atoms with Crippen LogP contribution in [0.15, 0.2) is 0 Å². The maximum atomic E-state index is 12.3. The Morgan fingerprint density at radius 3 is 2.32 bits per heavy atom. The molecule has 106 valence electrons. The molecule has 0 atom stereocenters. The Morgan fingerprint density at radius 1 is 1.32 bits per heavy atom. The molecule has 1 amide bonds. The summed E-state index contributed by atoms with van der Waals surface area (Å²) in [4.78, 5) is 19.0. The zero-order chi connectivity index (χ0) is 14.2. The number of nitrogens with zero attached hydrogens (tertiary/aromatic N) is 2. The van der Waals surface area contributed by atoms with Crippen molar-refractivity contribution in [1.29, 1.82) is 0 Å². The van der Waals surface area contributed by atoms with E-state index in [9.17, 15) is 13.2 Å². The van der Waals surface area contributed by atoms with E-state index in [-0.39, 0.29) is 11.2 Å². The first-order chi connectivity index (χ1) is 8.79. The van der Waals surface area contributed by atoms with Gasteiger partial charge < -0.3 is 4.90 Å². The lowest BCUT2D eigenvalue weighted by atomic mass is 10.1. The first-order valence-corrected chi connectivity index (χ1v) is 8.98. The second-order valence-electron chi connectivity index (χ2n) is 4.97. The Balaban J connectivity index is 2.06. The van der Waals surface area contributed by atoms with Gasteiger partial charge in [-0.25, -0.2) is 13.4 Å². The van der Waals surface area contributed by atoms with Crippen LogP contribution in [0.1, 0.15) is 33.2 Å². The monoisotopic (exact) mass is 302 g/mol. The fourth-order valence-electron chi connectivity index (χ4n) is 2.36. The molecule has 0 radical (unpaired) electrons. The van der Waals surface area contributed by atoms with Crippen molar-refractivity contribution < 1.29 is 13.2 Å². The summed E-state index contributed by atoms with van der Waals surface area (Å²) in [5, 5.41) is 0.577. The number of aromatic nitrogens is 1. The molecule has 7 heteroatoms. The lowest BCUT2D eigenvalue weighted by Crippen LogP contribution is -2.42. The summed E-state index contributed by atoms with van der Waals surface area (Å²) >= 11 is 1.40. The SMILES string of the molecule is Cc1nc(C)c(C(=O)N2CCC(S(C)(=O)=O)CC2)s1. The molecule has 0 N–H and O–H groups in total. The van der Waals surface area contributed by atoms with Crippen molar-refractivity contribution in [3.8, 4) is 0 Å². The van der Waals surface area contributed by atoms with Gasteiger partial charge in [0.15, 0.2) is 0 Å². The molecule has 19 heavy (non-hydrogen) atoms. The van der Waals surface area contributed by atoms with Crippen LogP contribution in [0.3, 0.4) is 0 Å². The molecule has 5 nitrogen and oxygen atoms in total. The minimum Gasteiger partial charge on any atom is -0.338 e. The van der Waals surface area contributed by atoms with E-state index in [0.29, 0.717) is 30.8 Å². The fourth-order valence-corrected chi connectivity index (χ4v) is 4.32. The Morgan fingerprint density at radius 2 is 1.89 bits per heavy atom. The third kappa shape index (κ3) is 3.14. The van der Waals surface area contributed by atoms with Crippen molar-refractivity contribution >= 4 is 27.1 Å². The number of hydrogen-bond acceptors (Lipinski definition) is 5. The number of rotatable bonds is 2. The average Bonchev–Trinajstić information content (AvgIpc) is 2.66. The summed E-state index contributed by atoms with van der Waals surface area (Å²) in [5.41, 5.74) is 0.762. The standard InChI is InChI=1S/C12H18N2O3S2/c1-8-11(18-9(2)13-8)12(15)14-6-4-10(5-7-14)19(3,16)17/h10H,4-7H2,1-3H3. The van der Waals surface area contributed by atoms with Gasteiger partial charge in [0, 0.05) is 19.3 Å². The molecule has 1 fully saturated rings. The Kier molecular flexibility index (Phi) is 3.96. The average molecular weight is 302 g/mol. The van der Waals surface area contributed by atoms with Crippen LogP contribution in [0, 0.1) is 13.8 Å². The Labute approximate surface area is 117 Å². The molecular weight excluding hydrogens is 284 g/mol. The molecule has 1 aliphatic heterocycles. The van der Waals surface area contributed by atoms with Gasteiger partial charge in [0.2, 0.25) is 0 Å². The summed E-state index contributed by atoms with van der Waals surface area (Å²) in [6.07, 6.45) is 2.33. The van der Waals surface area contributed by atoms with E-state index in [2.05, 4.69) is 4.98 Å². The van der Waals surface area contributed by atoms with Crippen LogP contribution in [-0.2, 0) is 9.84 Å². The first kappa shape index (κ1) is 14.5. The third-order valence-electron chi connectivity index (χ3n) is 3.43. The maximum absolute atomic E-state index is 12.3. The molecular formula is C12H18N2O3S2. The highest BCUT2D eigenvalue weighted by Crippen LogP contribution is 2.23. The molecule has 1 saturated heterocycles. The van der Waals surface area contributed by atoms with Crippen LogP contribution in [0.4, 0.5) is 0 Å². The molecule has 1 aliphatic rings. The van der Waals surface area contributed by atoms with Crippen LogP contribution in [0.2, 0.25) is 0 Å². The van der Waals surface area contributed by atoms with Gasteiger partial charge in [-0.2, -0.15) is 0 Å². The lowest BCUT2D eigenvalue weighted by molar-refractivity contribution is 0.0729. The number of aryl methyl sites for hydroxylation is 2. The highest BCUT2D eigenvalue weighted by atomic mass is 32.2. The van der Waals surface area contributed by atoms with Crippen molar-refractivity contribution in [3.63, 3.8) is 0 Å². The zero-order valence-electron chi connectivity index (χ0n) is 11.3. The van der Waals surface area contributed by atoms with Gasteiger partial charge in [-0.05, 0) is 26.7 Å². The van der Waals surface area contributed by atoms with Crippen LogP contribution < -0.4 is 0 Å². The molecule has 0 unspecified atom stereocenters. The van der Waals surface area contributed by atoms with Crippen molar-refractivity contribution in [2.24, 2.45) is 0 Å². The van der Waals surface area contributed by atoms with E-state index in [0.717, 1.165) is 10.7 Å². The second kappa shape index (κ2) is 5.20. The van der Waals surface area contributed by atoms with Gasteiger partial charge in [0.1, 0.15) is 14.7 Å². The Bertz CT molecular complexity index is 584. The highest BCUT2D eigenvalue weighted by Gasteiger charge is 2.30. The minimum atomic E-state index is -2.99. The van der Waals surface area contributed by atoms with Gasteiger partial charge >= 0.3 is 0 Å². The highest BCUT2D eigenvalue weighted by molar-refractivity contribution is 7.91. The number of likely N-dealkylation sites (tertiary alicyclic amines) is 1. The number of amides is 1. The topological polar surface area (TPSA) is 67.3 Å².